The van der Waals surface area contributed by atoms with Gasteiger partial charge in [0.15, 0.2) is 0 Å². The second-order valence-corrected chi connectivity index (χ2v) is 5.36. The topological polar surface area (TPSA) is 80.3 Å². The van der Waals surface area contributed by atoms with Crippen molar-refractivity contribution in [1.82, 2.24) is 0 Å². The molecule has 0 spiro atoms. The van der Waals surface area contributed by atoms with E-state index >= 15 is 0 Å². The van der Waals surface area contributed by atoms with Crippen molar-refractivity contribution >= 4 is 12.3 Å². The van der Waals surface area contributed by atoms with Crippen LogP contribution in [-0.4, -0.2) is 12.3 Å². The lowest BCUT2D eigenvalue weighted by Gasteiger charge is -2.09. The van der Waals surface area contributed by atoms with Crippen molar-refractivity contribution in [3.05, 3.63) is 73.2 Å². The predicted molar refractivity (Wildman–Crippen MR) is 96.8 cm³/mol. The van der Waals surface area contributed by atoms with E-state index in [4.69, 9.17) is 23.7 Å². The lowest BCUT2D eigenvalue weighted by atomic mass is 10.3. The molecule has 0 aliphatic heterocycles. The summed E-state index contributed by atoms with van der Waals surface area (Å²) in [4.78, 5) is 22.8. The molecule has 7 nitrogen and oxygen atoms in total. The number of ether oxygens (including phenoxy) is 5. The molecule has 0 unspecified atom stereocenters. The first kappa shape index (κ1) is 19.6. The molecule has 0 aliphatic rings. The summed E-state index contributed by atoms with van der Waals surface area (Å²) in [5.41, 5.74) is 0. The summed E-state index contributed by atoms with van der Waals surface area (Å²) >= 11 is 0. The van der Waals surface area contributed by atoms with E-state index in [0.717, 1.165) is 0 Å². The van der Waals surface area contributed by atoms with Gasteiger partial charge >= 0.3 is 12.3 Å². The molecule has 2 aromatic carbocycles. The molecule has 0 saturated heterocycles. The number of hydrogen-bond donors (Lipinski definition) is 0. The van der Waals surface area contributed by atoms with Crippen molar-refractivity contribution in [2.24, 2.45) is 0 Å². The standard InChI is InChI=1S/C20H18O7/c1-13(2)23-19(21)26-17-9-5-15(6-10-17)25-16-7-11-18(12-8-16)27-20(22)24-14(3)4/h5-12H,1,3H2,2,4H3. The van der Waals surface area contributed by atoms with Crippen LogP contribution in [0.4, 0.5) is 9.59 Å². The van der Waals surface area contributed by atoms with E-state index in [-0.39, 0.29) is 11.5 Å². The summed E-state index contributed by atoms with van der Waals surface area (Å²) in [6.07, 6.45) is -1.73. The Hall–Kier alpha value is -3.74. The molecule has 0 heterocycles. The molecule has 0 N–H and O–H groups in total. The van der Waals surface area contributed by atoms with Crippen LogP contribution in [-0.2, 0) is 9.47 Å². The van der Waals surface area contributed by atoms with Gasteiger partial charge in [0, 0.05) is 0 Å². The molecule has 0 radical (unpaired) electrons. The molecule has 0 atom stereocenters. The fourth-order valence-corrected chi connectivity index (χ4v) is 1.81. The van der Waals surface area contributed by atoms with Crippen molar-refractivity contribution in [3.63, 3.8) is 0 Å². The summed E-state index contributed by atoms with van der Waals surface area (Å²) in [6, 6.07) is 12.7. The number of allylic oxidation sites excluding steroid dienone is 2. The van der Waals surface area contributed by atoms with Crippen LogP contribution in [0.1, 0.15) is 13.8 Å². The van der Waals surface area contributed by atoms with Gasteiger partial charge in [0.1, 0.15) is 34.5 Å². The first-order valence-corrected chi connectivity index (χ1v) is 7.80. The van der Waals surface area contributed by atoms with Gasteiger partial charge in [0.2, 0.25) is 0 Å². The van der Waals surface area contributed by atoms with Crippen LogP contribution in [0.5, 0.6) is 23.0 Å². The Kier molecular flexibility index (Phi) is 6.60. The lowest BCUT2D eigenvalue weighted by molar-refractivity contribution is 0.126. The summed E-state index contributed by atoms with van der Waals surface area (Å²) in [7, 11) is 0. The van der Waals surface area contributed by atoms with Gasteiger partial charge in [0.25, 0.3) is 0 Å². The third-order valence-corrected chi connectivity index (χ3v) is 2.80. The largest absolute Gasteiger partial charge is 0.519 e. The molecule has 2 aromatic rings. The van der Waals surface area contributed by atoms with E-state index in [1.54, 1.807) is 48.5 Å². The number of benzene rings is 2. The SMILES string of the molecule is C=C(C)OC(=O)Oc1ccc(Oc2ccc(OC(=O)OC(=C)C)cc2)cc1. The first-order chi connectivity index (χ1) is 12.8. The molecule has 0 aromatic heterocycles. The predicted octanol–water partition coefficient (Wildman–Crippen LogP) is 5.58. The highest BCUT2D eigenvalue weighted by Crippen LogP contribution is 2.26. The highest BCUT2D eigenvalue weighted by atomic mass is 16.7. The van der Waals surface area contributed by atoms with E-state index in [2.05, 4.69) is 13.2 Å². The van der Waals surface area contributed by atoms with E-state index in [0.29, 0.717) is 23.0 Å². The fraction of sp³-hybridized carbons (Fsp3) is 0.100. The zero-order chi connectivity index (χ0) is 19.8. The maximum atomic E-state index is 11.4. The van der Waals surface area contributed by atoms with E-state index in [9.17, 15) is 9.59 Å². The van der Waals surface area contributed by atoms with Gasteiger partial charge in [-0.2, -0.15) is 0 Å². The number of rotatable bonds is 6. The van der Waals surface area contributed by atoms with Crippen LogP contribution in [0.2, 0.25) is 0 Å². The van der Waals surface area contributed by atoms with E-state index in [1.165, 1.54) is 13.8 Å². The molecule has 140 valence electrons. The highest BCUT2D eigenvalue weighted by Gasteiger charge is 2.08. The first-order valence-electron chi connectivity index (χ1n) is 7.80. The third-order valence-electron chi connectivity index (χ3n) is 2.80. The Balaban J connectivity index is 1.91. The van der Waals surface area contributed by atoms with Crippen LogP contribution >= 0.6 is 0 Å². The van der Waals surface area contributed by atoms with Crippen LogP contribution < -0.4 is 14.2 Å². The average Bonchev–Trinajstić information content (AvgIpc) is 2.57. The minimum Gasteiger partial charge on any atom is -0.457 e. The van der Waals surface area contributed by atoms with Gasteiger partial charge in [-0.1, -0.05) is 13.2 Å². The van der Waals surface area contributed by atoms with E-state index in [1.807, 2.05) is 0 Å². The summed E-state index contributed by atoms with van der Waals surface area (Å²) in [5.74, 6) is 2.11. The number of carbonyl (C=O) groups excluding carboxylic acids is 2. The van der Waals surface area contributed by atoms with Crippen molar-refractivity contribution in [3.8, 4) is 23.0 Å². The number of hydrogen-bond acceptors (Lipinski definition) is 7. The van der Waals surface area contributed by atoms with Crippen molar-refractivity contribution < 1.29 is 33.3 Å². The minimum absolute atomic E-state index is 0.236. The van der Waals surface area contributed by atoms with Crippen molar-refractivity contribution in [2.75, 3.05) is 0 Å². The minimum atomic E-state index is -0.864. The van der Waals surface area contributed by atoms with Crippen LogP contribution in [0, 0.1) is 0 Å². The van der Waals surface area contributed by atoms with Gasteiger partial charge in [0.05, 0.1) is 0 Å². The van der Waals surface area contributed by atoms with Gasteiger partial charge in [-0.25, -0.2) is 9.59 Å². The Morgan fingerprint density at radius 1 is 0.630 bits per heavy atom. The van der Waals surface area contributed by atoms with Gasteiger partial charge in [-0.05, 0) is 62.4 Å². The van der Waals surface area contributed by atoms with Crippen LogP contribution in [0.25, 0.3) is 0 Å². The number of carbonyl (C=O) groups is 2. The zero-order valence-electron chi connectivity index (χ0n) is 14.9. The maximum absolute atomic E-state index is 11.4. The van der Waals surface area contributed by atoms with Crippen molar-refractivity contribution in [2.45, 2.75) is 13.8 Å². The second-order valence-electron chi connectivity index (χ2n) is 5.36. The lowest BCUT2D eigenvalue weighted by Crippen LogP contribution is -2.08. The molecule has 0 fully saturated rings. The average molecular weight is 370 g/mol. The fourth-order valence-electron chi connectivity index (χ4n) is 1.81. The summed E-state index contributed by atoms with van der Waals surface area (Å²) < 4.78 is 25.0. The molecule has 0 bridgehead atoms. The van der Waals surface area contributed by atoms with Gasteiger partial charge in [-0.3, -0.25) is 0 Å². The highest BCUT2D eigenvalue weighted by molar-refractivity contribution is 5.65. The molecular formula is C20H18O7. The molecular weight excluding hydrogens is 352 g/mol. The Morgan fingerprint density at radius 3 is 1.22 bits per heavy atom. The zero-order valence-corrected chi connectivity index (χ0v) is 14.9. The third kappa shape index (κ3) is 6.95. The molecule has 2 rings (SSSR count). The van der Waals surface area contributed by atoms with Crippen LogP contribution in [0.3, 0.4) is 0 Å². The molecule has 7 heteroatoms. The second kappa shape index (κ2) is 9.10. The molecule has 0 amide bonds. The Bertz CT molecular complexity index is 764. The smallest absolute Gasteiger partial charge is 0.457 e. The molecule has 0 aliphatic carbocycles. The maximum Gasteiger partial charge on any atom is 0.519 e. The molecule has 27 heavy (non-hydrogen) atoms. The summed E-state index contributed by atoms with van der Waals surface area (Å²) in [5, 5.41) is 0. The quantitative estimate of drug-likeness (QED) is 0.373. The monoisotopic (exact) mass is 370 g/mol. The van der Waals surface area contributed by atoms with Crippen molar-refractivity contribution in [1.29, 1.82) is 0 Å². The Labute approximate surface area is 156 Å². The summed E-state index contributed by atoms with van der Waals surface area (Å²) in [6.45, 7) is 9.98. The molecule has 0 saturated carbocycles. The normalized spacial score (nSPS) is 9.70. The van der Waals surface area contributed by atoms with Gasteiger partial charge < -0.3 is 23.7 Å². The Morgan fingerprint density at radius 2 is 0.926 bits per heavy atom. The van der Waals surface area contributed by atoms with Crippen LogP contribution in [0.15, 0.2) is 73.2 Å². The van der Waals surface area contributed by atoms with E-state index < -0.39 is 12.3 Å². The van der Waals surface area contributed by atoms with Gasteiger partial charge in [-0.15, -0.1) is 0 Å².